The molecular formula is C36H75N3O7Y5-10. The Balaban J connectivity index is -0.0000000289. The van der Waals surface area contributed by atoms with E-state index in [4.69, 9.17) is 28.9 Å². The van der Waals surface area contributed by atoms with Crippen LogP contribution >= 0.6 is 0 Å². The van der Waals surface area contributed by atoms with Gasteiger partial charge < -0.3 is 89.9 Å². The average Bonchev–Trinajstić information content (AvgIpc) is 3.07. The molecule has 2 N–H and O–H groups in total. The van der Waals surface area contributed by atoms with Gasteiger partial charge >= 0.3 is 0 Å². The molecule has 0 aromatic heterocycles. The molecule has 3 fully saturated rings. The van der Waals surface area contributed by atoms with Crippen LogP contribution in [-0.4, -0.2) is 113 Å². The second-order valence-corrected chi connectivity index (χ2v) is 8.18. The summed E-state index contributed by atoms with van der Waals surface area (Å²) in [6, 6.07) is 0. The first-order valence-corrected chi connectivity index (χ1v) is 16.3. The van der Waals surface area contributed by atoms with Gasteiger partial charge in [0.25, 0.3) is 0 Å². The van der Waals surface area contributed by atoms with E-state index < -0.39 is 0 Å². The van der Waals surface area contributed by atoms with Gasteiger partial charge in [-0.2, -0.15) is 58.8 Å². The third-order valence-corrected chi connectivity index (χ3v) is 3.67. The average molecular weight is 1110 g/mol. The maximum absolute atomic E-state index is 9.91. The largest absolute Gasteiger partial charge is 0.665 e. The third kappa shape index (κ3) is 162. The summed E-state index contributed by atoms with van der Waals surface area (Å²) >= 11 is 0. The van der Waals surface area contributed by atoms with Gasteiger partial charge in [-0.1, -0.05) is 48.0 Å². The third-order valence-electron chi connectivity index (χ3n) is 3.67. The number of carbonyl (C=O) groups excluding carboxylic acids is 2. The predicted octanol–water partition coefficient (Wildman–Crippen LogP) is 6.59. The number of amides is 1. The Bertz CT molecular complexity index is 416. The van der Waals surface area contributed by atoms with Crippen molar-refractivity contribution >= 4 is 19.2 Å². The van der Waals surface area contributed by atoms with Gasteiger partial charge in [-0.15, -0.1) is 0 Å². The first-order valence-electron chi connectivity index (χ1n) is 16.3. The summed E-state index contributed by atoms with van der Waals surface area (Å²) in [7, 11) is 3.75. The summed E-state index contributed by atoms with van der Waals surface area (Å²) < 4.78 is 15.0. The molecule has 1 amide bonds. The van der Waals surface area contributed by atoms with Crippen LogP contribution in [0.1, 0.15) is 93.9 Å². The van der Waals surface area contributed by atoms with Crippen LogP contribution in [0.4, 0.5) is 0 Å². The van der Waals surface area contributed by atoms with Crippen molar-refractivity contribution in [1.82, 2.24) is 15.1 Å². The molecule has 0 aliphatic carbocycles. The number of nitrogens with one attached hydrogen (secondary N) is 1. The zero-order valence-corrected chi connectivity index (χ0v) is 48.4. The summed E-state index contributed by atoms with van der Waals surface area (Å²) in [5.41, 5.74) is 0. The summed E-state index contributed by atoms with van der Waals surface area (Å²) in [5.74, 6) is 0. The Morgan fingerprint density at radius 3 is 0.961 bits per heavy atom. The number of hydrogen-bond acceptors (Lipinski definition) is 8. The van der Waals surface area contributed by atoms with E-state index in [1.165, 1.54) is 26.1 Å². The fourth-order valence-electron chi connectivity index (χ4n) is 2.06. The van der Waals surface area contributed by atoms with Crippen molar-refractivity contribution in [3.05, 3.63) is 48.1 Å². The molecule has 3 heterocycles. The van der Waals surface area contributed by atoms with Crippen molar-refractivity contribution in [3.8, 4) is 0 Å². The maximum Gasteiger partial charge on any atom is 0.0616 e. The number of unbranched alkanes of at least 4 members (excludes halogenated alkanes) is 2. The summed E-state index contributed by atoms with van der Waals surface area (Å²) in [5, 5.41) is 9.92. The van der Waals surface area contributed by atoms with Gasteiger partial charge in [-0.05, 0) is 13.1 Å². The molecule has 5 radical (unpaired) electrons. The van der Waals surface area contributed by atoms with Crippen molar-refractivity contribution < 1.29 is 197 Å². The molecular weight excluding hydrogens is 1030 g/mol. The normalized spacial score (nSPS) is 12.4. The second kappa shape index (κ2) is 117. The molecule has 3 rings (SSSR count). The minimum absolute atomic E-state index is 0. The van der Waals surface area contributed by atoms with Crippen LogP contribution in [-0.2, 0) is 192 Å². The van der Waals surface area contributed by atoms with Gasteiger partial charge in [-0.3, -0.25) is 13.3 Å². The molecule has 0 unspecified atom stereocenters. The fourth-order valence-corrected chi connectivity index (χ4v) is 2.06. The zero-order chi connectivity index (χ0) is 37.5. The second-order valence-electron chi connectivity index (χ2n) is 8.18. The van der Waals surface area contributed by atoms with Crippen molar-refractivity contribution in [2.75, 3.05) is 78.9 Å². The van der Waals surface area contributed by atoms with Crippen LogP contribution in [0.25, 0.3) is 0 Å². The number of ether oxygens (including phenoxy) is 3. The molecule has 3 aliphatic rings. The minimum Gasteiger partial charge on any atom is -0.665 e. The Hall–Kier alpha value is 3.93. The molecule has 0 saturated carbocycles. The Morgan fingerprint density at radius 2 is 0.863 bits per heavy atom. The Morgan fingerprint density at radius 1 is 0.627 bits per heavy atom. The van der Waals surface area contributed by atoms with E-state index in [1.54, 1.807) is 11.8 Å². The molecule has 0 aromatic rings. The number of morpholine rings is 3. The maximum atomic E-state index is 9.91. The van der Waals surface area contributed by atoms with Crippen LogP contribution in [0.2, 0.25) is 0 Å². The number of hydrogen-bond donors (Lipinski definition) is 2. The number of nitrogens with zero attached hydrogens (tertiary/aromatic N) is 2. The van der Waals surface area contributed by atoms with Crippen molar-refractivity contribution in [2.45, 2.75) is 93.9 Å². The fraction of sp³-hybridized carbons (Fsp3) is 0.722. The molecule has 0 bridgehead atoms. The van der Waals surface area contributed by atoms with Crippen LogP contribution in [0.15, 0.2) is 0 Å². The van der Waals surface area contributed by atoms with Gasteiger partial charge in [0.15, 0.2) is 0 Å². The van der Waals surface area contributed by atoms with E-state index in [-0.39, 0.29) is 164 Å². The van der Waals surface area contributed by atoms with Crippen LogP contribution in [0.3, 0.4) is 0 Å². The molecule has 3 saturated heterocycles. The van der Waals surface area contributed by atoms with Crippen molar-refractivity contribution in [2.24, 2.45) is 0 Å². The standard InChI is InChI=1S/C5H8NO2.C5H10NO.C5H11.C4H9NO.4C3H7.C2H3O.C2H5.CHO2.5Y/c7-5-6-1-3-8-4-2-6;1-6-2-4-7-5-3-6;1-3-5-4-2;1-3-6-4-2-5-1;4*1-3-2;1-2-3;1-2;2-1-3;;;;;/h1-4H2;1-5H2;5H,3-4H2,1-2H3;5H,1-4H2;4*1,3H2,2H3;1H3;1H2,2H3;(H,2,3);;;;;/q3*-1;;7*-1;;;;;. The van der Waals surface area contributed by atoms with E-state index in [0.717, 1.165) is 78.3 Å². The molecule has 0 aromatic carbocycles. The minimum atomic E-state index is 0. The van der Waals surface area contributed by atoms with E-state index in [1.807, 2.05) is 39.0 Å². The van der Waals surface area contributed by atoms with Gasteiger partial charge in [0.2, 0.25) is 0 Å². The van der Waals surface area contributed by atoms with E-state index in [2.05, 4.69) is 67.3 Å². The quantitative estimate of drug-likeness (QED) is 0.302. The summed E-state index contributed by atoms with van der Waals surface area (Å²) in [4.78, 5) is 30.4. The Kier molecular flexibility index (Phi) is 209. The molecule has 51 heavy (non-hydrogen) atoms. The van der Waals surface area contributed by atoms with Crippen LogP contribution < -0.4 is 5.32 Å². The molecule has 3 aliphatic heterocycles. The molecule has 10 nitrogen and oxygen atoms in total. The number of rotatable bonds is 3. The van der Waals surface area contributed by atoms with Gasteiger partial charge in [0, 0.05) is 190 Å². The van der Waals surface area contributed by atoms with Crippen LogP contribution in [0.5, 0.6) is 0 Å². The van der Waals surface area contributed by atoms with Crippen molar-refractivity contribution in [3.63, 3.8) is 0 Å². The summed E-state index contributed by atoms with van der Waals surface area (Å²) in [6.45, 7) is 43.4. The summed E-state index contributed by atoms with van der Waals surface area (Å²) in [6.07, 6.45) is 12.0. The molecule has 301 valence electrons. The monoisotopic (exact) mass is 1110 g/mol. The van der Waals surface area contributed by atoms with Gasteiger partial charge in [0.1, 0.15) is 0 Å². The van der Waals surface area contributed by atoms with Crippen molar-refractivity contribution in [1.29, 1.82) is 0 Å². The first-order chi connectivity index (χ1) is 22.2. The predicted molar refractivity (Wildman–Crippen MR) is 198 cm³/mol. The molecule has 0 spiro atoms. The smallest absolute Gasteiger partial charge is 0.0616 e. The SMILES string of the molecule is C1COCCN1.CC[CH-]CC.C[C-]=O.O=[C-]N1CCOCC1.O=[C-]O.[CH2-]C.[CH2-]CC.[CH2-]CC.[CH2-]CC.[CH2-]CC.[CH2-]N1CCOCC1.[Y].[Y].[Y].[Y].[Y]. The van der Waals surface area contributed by atoms with E-state index in [9.17, 15) is 4.79 Å². The van der Waals surface area contributed by atoms with Gasteiger partial charge in [-0.25, -0.2) is 0 Å². The Labute approximate surface area is 445 Å². The van der Waals surface area contributed by atoms with Crippen LogP contribution in [0, 0.1) is 48.1 Å². The topological polar surface area (TPSA) is 118 Å². The molecule has 0 atom stereocenters. The van der Waals surface area contributed by atoms with E-state index >= 15 is 0 Å². The van der Waals surface area contributed by atoms with E-state index in [0.29, 0.717) is 32.8 Å². The van der Waals surface area contributed by atoms with Gasteiger partial charge in [0.05, 0.1) is 39.6 Å². The zero-order valence-electron chi connectivity index (χ0n) is 34.2. The molecule has 15 heteroatoms. The number of aliphatic hydroxyl groups excluding tert-OH is 1. The first kappa shape index (κ1) is 90.9.